The zero-order valence-electron chi connectivity index (χ0n) is 33.2. The number of carbonyl (C=O) groups excluding carboxylic acids is 5. The molecular weight excluding hydrogens is 786 g/mol. The maximum absolute atomic E-state index is 13.8. The monoisotopic (exact) mass is 833 g/mol. The average Bonchev–Trinajstić information content (AvgIpc) is 3.95. The maximum Gasteiger partial charge on any atom is 0.343 e. The molecule has 4 aliphatic rings. The van der Waals surface area contributed by atoms with Crippen LogP contribution >= 0.6 is 0 Å². The van der Waals surface area contributed by atoms with Gasteiger partial charge in [0.05, 0.1) is 88.4 Å². The lowest BCUT2D eigenvalue weighted by Crippen LogP contribution is -2.44. The van der Waals surface area contributed by atoms with Gasteiger partial charge in [-0.05, 0) is 24.1 Å². The summed E-state index contributed by atoms with van der Waals surface area (Å²) in [5, 5.41) is 18.0. The van der Waals surface area contributed by atoms with Crippen molar-refractivity contribution < 1.29 is 62.2 Å². The lowest BCUT2D eigenvalue weighted by atomic mass is 9.86. The molecule has 0 radical (unpaired) electrons. The first-order valence-electron chi connectivity index (χ1n) is 19.8. The topological polar surface area (TPSA) is 232 Å². The SMILES string of the molecule is CC[C@@]1(O)C(=O)OCc2c1cc1n(c2=O)Cc2c-1nc1cc3c(cc1c2CNCC(=O)CCOCCOCCOCCOCCNC(=O)CCN1C(=O)C=CC1=O)OCO3. The number of rotatable bonds is 23. The second-order valence-corrected chi connectivity index (χ2v) is 14.3. The number of nitrogens with zero attached hydrogens (tertiary/aromatic N) is 3. The molecule has 0 saturated carbocycles. The highest BCUT2D eigenvalue weighted by atomic mass is 16.7. The predicted molar refractivity (Wildman–Crippen MR) is 209 cm³/mol. The van der Waals surface area contributed by atoms with Crippen LogP contribution in [0.3, 0.4) is 0 Å². The molecule has 320 valence electrons. The molecule has 60 heavy (non-hydrogen) atoms. The summed E-state index contributed by atoms with van der Waals surface area (Å²) in [4.78, 5) is 80.1. The fourth-order valence-corrected chi connectivity index (χ4v) is 7.33. The fourth-order valence-electron chi connectivity index (χ4n) is 7.33. The number of aliphatic hydroxyl groups is 1. The van der Waals surface area contributed by atoms with Gasteiger partial charge in [0.25, 0.3) is 17.4 Å². The molecule has 1 atom stereocenters. The number of ketones is 1. The van der Waals surface area contributed by atoms with E-state index in [9.17, 15) is 33.9 Å². The Morgan fingerprint density at radius 1 is 0.850 bits per heavy atom. The molecule has 2 aromatic heterocycles. The standard InChI is InChI=1S/C41H47N5O14/c1-2-41(53)30-18-32-38-28(22-46(32)39(51)29(30)23-58-40(41)52)27(26-17-33-34(60-24-59-33)19-31(26)44-38)21-42-20-25(47)6-9-54-11-13-56-15-16-57-14-12-55-10-7-43-35(48)5-8-45-36(49)3-4-37(45)50/h3-4,17-19,42,53H,2,5-16,20-24H2,1H3,(H,43,48)/t41-/m0/s1. The first kappa shape index (κ1) is 42.6. The lowest BCUT2D eigenvalue weighted by molar-refractivity contribution is -0.172. The van der Waals surface area contributed by atoms with E-state index in [1.54, 1.807) is 23.6 Å². The summed E-state index contributed by atoms with van der Waals surface area (Å²) < 4.78 is 40.0. The molecule has 3 aromatic rings. The number of cyclic esters (lactones) is 1. The number of hydrogen-bond donors (Lipinski definition) is 3. The number of benzene rings is 1. The minimum Gasteiger partial charge on any atom is -0.458 e. The van der Waals surface area contributed by atoms with Crippen LogP contribution in [0.4, 0.5) is 0 Å². The Morgan fingerprint density at radius 2 is 1.52 bits per heavy atom. The molecule has 3 N–H and O–H groups in total. The molecule has 19 nitrogen and oxygen atoms in total. The van der Waals surface area contributed by atoms with Gasteiger partial charge in [0, 0.05) is 67.2 Å². The first-order chi connectivity index (χ1) is 29.1. The van der Waals surface area contributed by atoms with Crippen molar-refractivity contribution in [1.82, 2.24) is 25.1 Å². The zero-order valence-corrected chi connectivity index (χ0v) is 33.2. The molecule has 0 spiro atoms. The maximum atomic E-state index is 13.8. The quantitative estimate of drug-likeness (QED) is 0.0520. The molecule has 3 amide bonds. The van der Waals surface area contributed by atoms with Crippen LogP contribution in [0.15, 0.2) is 35.1 Å². The number of amides is 3. The third-order valence-corrected chi connectivity index (χ3v) is 10.6. The van der Waals surface area contributed by atoms with Gasteiger partial charge in [0.2, 0.25) is 12.7 Å². The van der Waals surface area contributed by atoms with Gasteiger partial charge in [-0.2, -0.15) is 0 Å². The zero-order chi connectivity index (χ0) is 42.2. The molecule has 0 unspecified atom stereocenters. The van der Waals surface area contributed by atoms with Crippen LogP contribution in [0.1, 0.15) is 48.4 Å². The van der Waals surface area contributed by atoms with Crippen molar-refractivity contribution in [2.24, 2.45) is 0 Å². The molecule has 0 aliphatic carbocycles. The van der Waals surface area contributed by atoms with Gasteiger partial charge in [-0.15, -0.1) is 0 Å². The van der Waals surface area contributed by atoms with Crippen molar-refractivity contribution >= 4 is 40.4 Å². The molecule has 0 fully saturated rings. The number of ether oxygens (including phenoxy) is 7. The van der Waals surface area contributed by atoms with Crippen molar-refractivity contribution in [1.29, 1.82) is 0 Å². The Labute approximate surface area is 343 Å². The number of aromatic nitrogens is 2. The van der Waals surface area contributed by atoms with Gasteiger partial charge in [0.15, 0.2) is 17.1 Å². The van der Waals surface area contributed by atoms with E-state index in [1.807, 2.05) is 6.07 Å². The number of pyridine rings is 2. The van der Waals surface area contributed by atoms with Crippen molar-refractivity contribution in [2.75, 3.05) is 79.3 Å². The molecule has 0 saturated heterocycles. The van der Waals surface area contributed by atoms with Gasteiger partial charge in [-0.1, -0.05) is 6.92 Å². The van der Waals surface area contributed by atoms with E-state index in [2.05, 4.69) is 10.6 Å². The molecule has 7 rings (SSSR count). The Kier molecular flexibility index (Phi) is 13.6. The summed E-state index contributed by atoms with van der Waals surface area (Å²) in [6.45, 7) is 4.93. The minimum atomic E-state index is -1.95. The van der Waals surface area contributed by atoms with Gasteiger partial charge in [-0.3, -0.25) is 28.9 Å². The Balaban J connectivity index is 0.795. The number of Topliss-reactive ketones (excluding diaryl/α,β-unsaturated/α-hetero) is 1. The molecule has 0 bridgehead atoms. The number of fused-ring (bicyclic) bond motifs is 6. The number of imide groups is 1. The Morgan fingerprint density at radius 3 is 2.22 bits per heavy atom. The summed E-state index contributed by atoms with van der Waals surface area (Å²) >= 11 is 0. The van der Waals surface area contributed by atoms with Gasteiger partial charge in [0.1, 0.15) is 12.4 Å². The van der Waals surface area contributed by atoms with E-state index in [0.717, 1.165) is 21.4 Å². The summed E-state index contributed by atoms with van der Waals surface area (Å²) in [7, 11) is 0. The summed E-state index contributed by atoms with van der Waals surface area (Å²) in [5.41, 5.74) is 1.37. The van der Waals surface area contributed by atoms with Crippen molar-refractivity contribution in [2.45, 2.75) is 51.5 Å². The summed E-state index contributed by atoms with van der Waals surface area (Å²) in [6.07, 6.45) is 2.61. The summed E-state index contributed by atoms with van der Waals surface area (Å²) in [5.74, 6) is -0.860. The third kappa shape index (κ3) is 9.25. The van der Waals surface area contributed by atoms with E-state index in [4.69, 9.17) is 38.1 Å². The highest BCUT2D eigenvalue weighted by molar-refractivity contribution is 6.13. The second-order valence-electron chi connectivity index (χ2n) is 14.3. The number of carbonyl (C=O) groups is 5. The van der Waals surface area contributed by atoms with Crippen LogP contribution in [0.5, 0.6) is 11.5 Å². The smallest absolute Gasteiger partial charge is 0.343 e. The van der Waals surface area contributed by atoms with Crippen LogP contribution in [-0.2, 0) is 73.0 Å². The van der Waals surface area contributed by atoms with E-state index in [1.165, 1.54) is 12.2 Å². The third-order valence-electron chi connectivity index (χ3n) is 10.6. The van der Waals surface area contributed by atoms with Crippen LogP contribution in [0.25, 0.3) is 22.3 Å². The van der Waals surface area contributed by atoms with Crippen LogP contribution in [0, 0.1) is 0 Å². The molecule has 6 heterocycles. The van der Waals surface area contributed by atoms with Gasteiger partial charge >= 0.3 is 5.97 Å². The number of hydrogen-bond acceptors (Lipinski definition) is 16. The van der Waals surface area contributed by atoms with Crippen LogP contribution in [-0.4, -0.2) is 128 Å². The Hall–Kier alpha value is -5.57. The largest absolute Gasteiger partial charge is 0.458 e. The Bertz CT molecular complexity index is 2240. The van der Waals surface area contributed by atoms with Gasteiger partial charge < -0.3 is 53.5 Å². The molecule has 19 heteroatoms. The lowest BCUT2D eigenvalue weighted by Gasteiger charge is -2.31. The molecule has 4 aliphatic heterocycles. The number of nitrogens with one attached hydrogen (secondary N) is 2. The van der Waals surface area contributed by atoms with Crippen LogP contribution in [0.2, 0.25) is 0 Å². The second kappa shape index (κ2) is 19.2. The minimum absolute atomic E-state index is 0.0223. The van der Waals surface area contributed by atoms with E-state index in [-0.39, 0.29) is 100 Å². The normalized spacial score (nSPS) is 17.3. The molecule has 1 aromatic carbocycles. The van der Waals surface area contributed by atoms with Crippen molar-refractivity contribution in [3.8, 4) is 22.9 Å². The molecular formula is C41H47N5O14. The highest BCUT2D eigenvalue weighted by Crippen LogP contribution is 2.43. The van der Waals surface area contributed by atoms with Crippen molar-refractivity contribution in [3.63, 3.8) is 0 Å². The van der Waals surface area contributed by atoms with E-state index in [0.29, 0.717) is 74.6 Å². The van der Waals surface area contributed by atoms with E-state index < -0.39 is 23.4 Å². The van der Waals surface area contributed by atoms with E-state index >= 15 is 0 Å². The summed E-state index contributed by atoms with van der Waals surface area (Å²) in [6, 6.07) is 5.29. The van der Waals surface area contributed by atoms with Crippen molar-refractivity contribution in [3.05, 3.63) is 63.0 Å². The first-order valence-corrected chi connectivity index (χ1v) is 19.8. The number of esters is 1. The average molecular weight is 834 g/mol. The van der Waals surface area contributed by atoms with Gasteiger partial charge in [-0.25, -0.2) is 9.78 Å². The van der Waals surface area contributed by atoms with Crippen LogP contribution < -0.4 is 25.7 Å². The predicted octanol–water partition coefficient (Wildman–Crippen LogP) is 0.355. The highest BCUT2D eigenvalue weighted by Gasteiger charge is 2.45. The fraction of sp³-hybridized carbons (Fsp3) is 0.488.